The van der Waals surface area contributed by atoms with Gasteiger partial charge in [-0.25, -0.2) is 0 Å². The number of fused-ring (bicyclic) bond motifs is 6. The van der Waals surface area contributed by atoms with Crippen LogP contribution in [0.4, 0.5) is 65.9 Å². The standard InChI is InChI=1S/C49H21F15N4/c50-45(51,52)27-4-11-40-34(18-27)35-19-28(46(53,54)55)5-12-41(35)67(40)39-10-2-24(22-65)15-33(39)32-9-3-26(31-8-1-25(23-66)16-38(31)49(62,63)64)17-44(32)68-42-13-6-29(47(56,57)58)20-36(42)37-21-30(48(59,60)61)7-14-43(37)68/h1-21H. The molecule has 0 aliphatic carbocycles. The zero-order chi connectivity index (χ0) is 49.0. The SMILES string of the molecule is N#Cc1ccc(-n2c3ccc(C(F)(F)F)cc3c3cc(C(F)(F)F)ccc32)c(-c2ccc(-c3ccc(C#N)cc3C(F)(F)F)cc2-n2c3ccc(C(F)(F)F)cc3c3cc(C(F)(F)F)ccc32)c1. The Labute approximate surface area is 371 Å². The van der Waals surface area contributed by atoms with Crippen molar-refractivity contribution in [1.82, 2.24) is 9.13 Å². The Hall–Kier alpha value is -7.93. The number of hydrogen-bond donors (Lipinski definition) is 0. The second-order valence-electron chi connectivity index (χ2n) is 15.5. The summed E-state index contributed by atoms with van der Waals surface area (Å²) in [4.78, 5) is 0. The first kappa shape index (κ1) is 45.2. The van der Waals surface area contributed by atoms with E-state index in [4.69, 9.17) is 0 Å². The zero-order valence-corrected chi connectivity index (χ0v) is 33.6. The van der Waals surface area contributed by atoms with E-state index in [0.29, 0.717) is 54.6 Å². The lowest BCUT2D eigenvalue weighted by Gasteiger charge is -2.21. The molecule has 0 aliphatic heterocycles. The summed E-state index contributed by atoms with van der Waals surface area (Å²) in [6.07, 6.45) is -25.0. The van der Waals surface area contributed by atoms with Crippen LogP contribution in [-0.4, -0.2) is 9.13 Å². The Morgan fingerprint density at radius 2 is 0.691 bits per heavy atom. The molecule has 342 valence electrons. The smallest absolute Gasteiger partial charge is 0.309 e. The van der Waals surface area contributed by atoms with Crippen LogP contribution < -0.4 is 0 Å². The van der Waals surface area contributed by atoms with Crippen molar-refractivity contribution in [2.75, 3.05) is 0 Å². The van der Waals surface area contributed by atoms with Gasteiger partial charge in [0.05, 0.1) is 84.5 Å². The van der Waals surface area contributed by atoms with Crippen molar-refractivity contribution in [3.8, 4) is 45.8 Å². The van der Waals surface area contributed by atoms with E-state index in [2.05, 4.69) is 0 Å². The Bertz CT molecular complexity index is 3500. The summed E-state index contributed by atoms with van der Waals surface area (Å²) in [5.41, 5.74) is -8.40. The minimum absolute atomic E-state index is 0.0358. The Balaban J connectivity index is 1.44. The fourth-order valence-electron chi connectivity index (χ4n) is 8.50. The molecule has 9 rings (SSSR count). The average Bonchev–Trinajstić information content (AvgIpc) is 3.78. The van der Waals surface area contributed by atoms with E-state index in [0.717, 1.165) is 42.5 Å². The van der Waals surface area contributed by atoms with Crippen molar-refractivity contribution in [2.45, 2.75) is 30.9 Å². The molecule has 0 amide bonds. The van der Waals surface area contributed by atoms with E-state index in [1.165, 1.54) is 39.5 Å². The van der Waals surface area contributed by atoms with Crippen LogP contribution in [0.15, 0.2) is 127 Å². The normalized spacial score (nSPS) is 12.9. The molecule has 0 bridgehead atoms. The van der Waals surface area contributed by atoms with Crippen molar-refractivity contribution < 1.29 is 65.9 Å². The number of nitriles is 2. The van der Waals surface area contributed by atoms with Gasteiger partial charge in [-0.3, -0.25) is 0 Å². The van der Waals surface area contributed by atoms with Crippen LogP contribution in [0.25, 0.3) is 77.2 Å². The Kier molecular flexibility index (Phi) is 10.2. The molecule has 2 heterocycles. The van der Waals surface area contributed by atoms with Gasteiger partial charge in [-0.15, -0.1) is 0 Å². The van der Waals surface area contributed by atoms with Gasteiger partial charge in [-0.2, -0.15) is 76.4 Å². The lowest BCUT2D eigenvalue weighted by atomic mass is 9.92. The minimum Gasteiger partial charge on any atom is -0.309 e. The van der Waals surface area contributed by atoms with E-state index in [9.17, 15) is 76.4 Å². The first-order chi connectivity index (χ1) is 31.8. The van der Waals surface area contributed by atoms with Crippen molar-refractivity contribution in [3.05, 3.63) is 166 Å². The molecule has 0 unspecified atom stereocenters. The molecule has 0 saturated carbocycles. The number of benzene rings is 7. The van der Waals surface area contributed by atoms with Crippen LogP contribution in [0, 0.1) is 22.7 Å². The molecule has 19 heteroatoms. The van der Waals surface area contributed by atoms with Crippen molar-refractivity contribution >= 4 is 43.6 Å². The van der Waals surface area contributed by atoms with E-state index in [-0.39, 0.29) is 82.8 Å². The Morgan fingerprint density at radius 3 is 1.07 bits per heavy atom. The lowest BCUT2D eigenvalue weighted by Crippen LogP contribution is -2.08. The first-order valence-electron chi connectivity index (χ1n) is 19.5. The fourth-order valence-corrected chi connectivity index (χ4v) is 8.50. The highest BCUT2D eigenvalue weighted by atomic mass is 19.4. The summed E-state index contributed by atoms with van der Waals surface area (Å²) in [5, 5.41) is 18.3. The number of nitrogens with zero attached hydrogens (tertiary/aromatic N) is 4. The monoisotopic (exact) mass is 950 g/mol. The largest absolute Gasteiger partial charge is 0.417 e. The van der Waals surface area contributed by atoms with E-state index in [1.807, 2.05) is 6.07 Å². The highest BCUT2D eigenvalue weighted by Gasteiger charge is 2.37. The predicted molar refractivity (Wildman–Crippen MR) is 220 cm³/mol. The summed E-state index contributed by atoms with van der Waals surface area (Å²) in [5.74, 6) is 0. The van der Waals surface area contributed by atoms with Crippen LogP contribution in [0.1, 0.15) is 38.9 Å². The summed E-state index contributed by atoms with van der Waals surface area (Å²) in [6.45, 7) is 0. The highest BCUT2D eigenvalue weighted by molar-refractivity contribution is 6.12. The van der Waals surface area contributed by atoms with Crippen LogP contribution >= 0.6 is 0 Å². The molecule has 0 radical (unpaired) electrons. The van der Waals surface area contributed by atoms with Gasteiger partial charge in [0.15, 0.2) is 0 Å². The maximum Gasteiger partial charge on any atom is 0.417 e. The molecule has 4 nitrogen and oxygen atoms in total. The van der Waals surface area contributed by atoms with Gasteiger partial charge in [0.1, 0.15) is 0 Å². The summed E-state index contributed by atoms with van der Waals surface area (Å²) in [7, 11) is 0. The quantitative estimate of drug-likeness (QED) is 0.165. The van der Waals surface area contributed by atoms with Gasteiger partial charge in [0.25, 0.3) is 0 Å². The van der Waals surface area contributed by atoms with Crippen molar-refractivity contribution in [1.29, 1.82) is 10.5 Å². The first-order valence-corrected chi connectivity index (χ1v) is 19.5. The van der Waals surface area contributed by atoms with Crippen LogP contribution in [0.3, 0.4) is 0 Å². The summed E-state index contributed by atoms with van der Waals surface area (Å²) < 4.78 is 217. The molecule has 0 spiro atoms. The predicted octanol–water partition coefficient (Wildman–Crippen LogP) is 16.1. The molecule has 68 heavy (non-hydrogen) atoms. The Morgan fingerprint density at radius 1 is 0.324 bits per heavy atom. The van der Waals surface area contributed by atoms with Gasteiger partial charge in [-0.1, -0.05) is 18.2 Å². The molecule has 0 N–H and O–H groups in total. The molecule has 0 aliphatic rings. The van der Waals surface area contributed by atoms with Crippen LogP contribution in [0.2, 0.25) is 0 Å². The second kappa shape index (κ2) is 15.3. The third-order valence-electron chi connectivity index (χ3n) is 11.5. The molecule has 2 aromatic heterocycles. The van der Waals surface area contributed by atoms with E-state index >= 15 is 0 Å². The van der Waals surface area contributed by atoms with E-state index < -0.39 is 64.3 Å². The highest BCUT2D eigenvalue weighted by Crippen LogP contribution is 2.47. The molecular formula is C49H21F15N4. The lowest BCUT2D eigenvalue weighted by molar-refractivity contribution is -0.138. The molecular weight excluding hydrogens is 930 g/mol. The van der Waals surface area contributed by atoms with Crippen LogP contribution in [-0.2, 0) is 30.9 Å². The third-order valence-corrected chi connectivity index (χ3v) is 11.5. The maximum atomic E-state index is 14.7. The maximum absolute atomic E-state index is 14.7. The van der Waals surface area contributed by atoms with Gasteiger partial charge in [-0.05, 0) is 120 Å². The number of rotatable bonds is 4. The third kappa shape index (κ3) is 7.67. The van der Waals surface area contributed by atoms with Gasteiger partial charge < -0.3 is 9.13 Å². The molecule has 9 aromatic rings. The number of hydrogen-bond acceptors (Lipinski definition) is 2. The minimum atomic E-state index is -5.08. The van der Waals surface area contributed by atoms with Gasteiger partial charge >= 0.3 is 30.9 Å². The number of alkyl halides is 15. The molecule has 0 atom stereocenters. The van der Waals surface area contributed by atoms with Gasteiger partial charge in [0, 0.05) is 32.7 Å². The molecule has 0 saturated heterocycles. The average molecular weight is 951 g/mol. The second-order valence-corrected chi connectivity index (χ2v) is 15.5. The van der Waals surface area contributed by atoms with Crippen molar-refractivity contribution in [3.63, 3.8) is 0 Å². The van der Waals surface area contributed by atoms with E-state index in [1.54, 1.807) is 6.07 Å². The number of aromatic nitrogens is 2. The summed E-state index contributed by atoms with van der Waals surface area (Å²) >= 11 is 0. The zero-order valence-electron chi connectivity index (χ0n) is 33.6. The number of halogens is 15. The van der Waals surface area contributed by atoms with Gasteiger partial charge in [0.2, 0.25) is 0 Å². The topological polar surface area (TPSA) is 57.4 Å². The fraction of sp³-hybridized carbons (Fsp3) is 0.102. The van der Waals surface area contributed by atoms with Crippen molar-refractivity contribution in [2.24, 2.45) is 0 Å². The molecule has 0 fully saturated rings. The summed E-state index contributed by atoms with van der Waals surface area (Å²) in [6, 6.07) is 22.6. The van der Waals surface area contributed by atoms with Crippen LogP contribution in [0.5, 0.6) is 0 Å². The molecule has 7 aromatic carbocycles.